The molecule has 0 N–H and O–H groups in total. The number of aromatic nitrogens is 5. The molecule has 0 fully saturated rings. The zero-order chi connectivity index (χ0) is 14.2. The van der Waals surface area contributed by atoms with Crippen molar-refractivity contribution >= 4 is 0 Å². The SMILES string of the molecule is FC(F)(F)c1occc1-c1nc(Cn2ccnn2)no1. The minimum Gasteiger partial charge on any atom is -0.459 e. The predicted molar refractivity (Wildman–Crippen MR) is 56.1 cm³/mol. The topological polar surface area (TPSA) is 82.8 Å². The van der Waals surface area contributed by atoms with Crippen molar-refractivity contribution in [2.24, 2.45) is 0 Å². The molecule has 0 aliphatic carbocycles. The Bertz CT molecular complexity index is 701. The second-order valence-corrected chi connectivity index (χ2v) is 3.78. The Kier molecular flexibility index (Phi) is 2.77. The van der Waals surface area contributed by atoms with Crippen LogP contribution in [0.15, 0.2) is 33.7 Å². The molecule has 3 rings (SSSR count). The van der Waals surface area contributed by atoms with Crippen LogP contribution in [0.1, 0.15) is 11.6 Å². The van der Waals surface area contributed by atoms with Gasteiger partial charge in [0.25, 0.3) is 5.89 Å². The Hall–Kier alpha value is -2.65. The number of rotatable bonds is 3. The van der Waals surface area contributed by atoms with Gasteiger partial charge < -0.3 is 8.94 Å². The highest BCUT2D eigenvalue weighted by molar-refractivity contribution is 5.56. The monoisotopic (exact) mass is 285 g/mol. The summed E-state index contributed by atoms with van der Waals surface area (Å²) in [5.74, 6) is -1.26. The second-order valence-electron chi connectivity index (χ2n) is 3.78. The van der Waals surface area contributed by atoms with E-state index in [1.54, 1.807) is 6.20 Å². The lowest BCUT2D eigenvalue weighted by Gasteiger charge is -2.02. The maximum atomic E-state index is 12.7. The van der Waals surface area contributed by atoms with Crippen LogP contribution in [0.3, 0.4) is 0 Å². The fourth-order valence-electron chi connectivity index (χ4n) is 1.59. The minimum absolute atomic E-state index is 0.142. The van der Waals surface area contributed by atoms with Crippen molar-refractivity contribution in [1.29, 1.82) is 0 Å². The summed E-state index contributed by atoms with van der Waals surface area (Å²) >= 11 is 0. The van der Waals surface area contributed by atoms with Gasteiger partial charge in [0.05, 0.1) is 18.0 Å². The Morgan fingerprint density at radius 2 is 2.15 bits per heavy atom. The number of alkyl halides is 3. The highest BCUT2D eigenvalue weighted by Gasteiger charge is 2.39. The largest absolute Gasteiger partial charge is 0.459 e. The van der Waals surface area contributed by atoms with E-state index in [1.165, 1.54) is 10.9 Å². The van der Waals surface area contributed by atoms with Crippen LogP contribution in [0, 0.1) is 0 Å². The number of nitrogens with zero attached hydrogens (tertiary/aromatic N) is 5. The molecular formula is C10H6F3N5O2. The average Bonchev–Trinajstić information content (AvgIpc) is 3.08. The van der Waals surface area contributed by atoms with Crippen molar-refractivity contribution in [1.82, 2.24) is 25.1 Å². The van der Waals surface area contributed by atoms with Crippen LogP contribution in [0.5, 0.6) is 0 Å². The van der Waals surface area contributed by atoms with Gasteiger partial charge in [0, 0.05) is 6.20 Å². The maximum Gasteiger partial charge on any atom is 0.450 e. The molecule has 0 spiro atoms. The molecule has 0 saturated carbocycles. The van der Waals surface area contributed by atoms with Crippen LogP contribution in [-0.4, -0.2) is 25.1 Å². The maximum absolute atomic E-state index is 12.7. The summed E-state index contributed by atoms with van der Waals surface area (Å²) in [6.07, 6.45) is -0.688. The molecule has 0 radical (unpaired) electrons. The Morgan fingerprint density at radius 1 is 1.30 bits per heavy atom. The molecule has 0 aromatic carbocycles. The average molecular weight is 285 g/mol. The first-order chi connectivity index (χ1) is 9.54. The third-order valence-corrected chi connectivity index (χ3v) is 2.40. The molecule has 3 aromatic heterocycles. The predicted octanol–water partition coefficient (Wildman–Crippen LogP) is 1.99. The van der Waals surface area contributed by atoms with Gasteiger partial charge in [-0.3, -0.25) is 0 Å². The molecule has 0 unspecified atom stereocenters. The Morgan fingerprint density at radius 3 is 2.85 bits per heavy atom. The molecule has 0 amide bonds. The molecule has 3 aromatic rings. The van der Waals surface area contributed by atoms with Gasteiger partial charge >= 0.3 is 6.18 Å². The smallest absolute Gasteiger partial charge is 0.450 e. The first-order valence-corrected chi connectivity index (χ1v) is 5.36. The highest BCUT2D eigenvalue weighted by Crippen LogP contribution is 2.37. The third kappa shape index (κ3) is 2.27. The summed E-state index contributed by atoms with van der Waals surface area (Å²) in [7, 11) is 0. The van der Waals surface area contributed by atoms with E-state index in [0.717, 1.165) is 12.3 Å². The van der Waals surface area contributed by atoms with E-state index in [-0.39, 0.29) is 23.8 Å². The summed E-state index contributed by atoms with van der Waals surface area (Å²) in [4.78, 5) is 3.88. The zero-order valence-electron chi connectivity index (χ0n) is 9.70. The normalized spacial score (nSPS) is 11.9. The van der Waals surface area contributed by atoms with Gasteiger partial charge in [0.1, 0.15) is 6.54 Å². The number of halogens is 3. The molecular weight excluding hydrogens is 279 g/mol. The van der Waals surface area contributed by atoms with Crippen LogP contribution in [0.2, 0.25) is 0 Å². The van der Waals surface area contributed by atoms with Crippen LogP contribution in [0.25, 0.3) is 11.5 Å². The fraction of sp³-hybridized carbons (Fsp3) is 0.200. The van der Waals surface area contributed by atoms with Crippen LogP contribution in [-0.2, 0) is 12.7 Å². The van der Waals surface area contributed by atoms with Crippen LogP contribution in [0.4, 0.5) is 13.2 Å². The third-order valence-electron chi connectivity index (χ3n) is 2.40. The molecule has 0 aliphatic rings. The molecule has 20 heavy (non-hydrogen) atoms. The van der Waals surface area contributed by atoms with E-state index < -0.39 is 11.9 Å². The van der Waals surface area contributed by atoms with E-state index in [1.807, 2.05) is 0 Å². The summed E-state index contributed by atoms with van der Waals surface area (Å²) in [6, 6.07) is 1.12. The van der Waals surface area contributed by atoms with E-state index in [4.69, 9.17) is 4.52 Å². The van der Waals surface area contributed by atoms with Gasteiger partial charge in [-0.15, -0.1) is 5.10 Å². The molecule has 7 nitrogen and oxygen atoms in total. The van der Waals surface area contributed by atoms with Gasteiger partial charge in [0.2, 0.25) is 5.76 Å². The summed E-state index contributed by atoms with van der Waals surface area (Å²) < 4.78 is 48.7. The Balaban J connectivity index is 1.89. The van der Waals surface area contributed by atoms with Crippen molar-refractivity contribution in [3.63, 3.8) is 0 Å². The van der Waals surface area contributed by atoms with Crippen molar-refractivity contribution in [2.75, 3.05) is 0 Å². The van der Waals surface area contributed by atoms with Gasteiger partial charge in [-0.2, -0.15) is 18.2 Å². The van der Waals surface area contributed by atoms with Gasteiger partial charge in [-0.25, -0.2) is 4.68 Å². The van der Waals surface area contributed by atoms with E-state index in [2.05, 4.69) is 24.9 Å². The number of furan rings is 1. The quantitative estimate of drug-likeness (QED) is 0.731. The van der Waals surface area contributed by atoms with Crippen molar-refractivity contribution in [3.05, 3.63) is 36.3 Å². The first-order valence-electron chi connectivity index (χ1n) is 5.36. The Labute approximate surface area is 109 Å². The van der Waals surface area contributed by atoms with Crippen molar-refractivity contribution in [3.8, 4) is 11.5 Å². The molecule has 0 bridgehead atoms. The minimum atomic E-state index is -4.63. The summed E-state index contributed by atoms with van der Waals surface area (Å²) in [6.45, 7) is 0.142. The molecule has 104 valence electrons. The molecule has 10 heteroatoms. The van der Waals surface area contributed by atoms with Crippen LogP contribution >= 0.6 is 0 Å². The molecule has 3 heterocycles. The summed E-state index contributed by atoms with van der Waals surface area (Å²) in [5.41, 5.74) is -0.296. The number of hydrogen-bond acceptors (Lipinski definition) is 6. The highest BCUT2D eigenvalue weighted by atomic mass is 19.4. The molecule has 0 saturated heterocycles. The van der Waals surface area contributed by atoms with E-state index >= 15 is 0 Å². The first kappa shape index (κ1) is 12.4. The summed E-state index contributed by atoms with van der Waals surface area (Å²) in [5, 5.41) is 10.9. The lowest BCUT2D eigenvalue weighted by atomic mass is 10.2. The molecule has 0 atom stereocenters. The van der Waals surface area contributed by atoms with Crippen LogP contribution < -0.4 is 0 Å². The van der Waals surface area contributed by atoms with Gasteiger partial charge in [-0.1, -0.05) is 10.4 Å². The second kappa shape index (κ2) is 4.47. The fourth-order valence-corrected chi connectivity index (χ4v) is 1.59. The van der Waals surface area contributed by atoms with Crippen molar-refractivity contribution < 1.29 is 22.1 Å². The molecule has 0 aliphatic heterocycles. The van der Waals surface area contributed by atoms with Gasteiger partial charge in [0.15, 0.2) is 5.82 Å². The standard InChI is InChI=1S/C10H6F3N5O2/c11-10(12,13)8-6(1-4-19-8)9-15-7(16-20-9)5-18-3-2-14-17-18/h1-4H,5H2. The van der Waals surface area contributed by atoms with Crippen molar-refractivity contribution in [2.45, 2.75) is 12.7 Å². The lowest BCUT2D eigenvalue weighted by Crippen LogP contribution is -2.05. The van der Waals surface area contributed by atoms with E-state index in [9.17, 15) is 13.2 Å². The number of hydrogen-bond donors (Lipinski definition) is 0. The van der Waals surface area contributed by atoms with E-state index in [0.29, 0.717) is 0 Å². The van der Waals surface area contributed by atoms with Gasteiger partial charge in [-0.05, 0) is 6.07 Å². The lowest BCUT2D eigenvalue weighted by molar-refractivity contribution is -0.152. The zero-order valence-corrected chi connectivity index (χ0v) is 9.70.